The Morgan fingerprint density at radius 2 is 1.77 bits per heavy atom. The van der Waals surface area contributed by atoms with Crippen molar-refractivity contribution in [3.8, 4) is 0 Å². The first-order chi connectivity index (χ1) is 14.0. The van der Waals surface area contributed by atoms with Crippen LogP contribution in [0.2, 0.25) is 0 Å². The molecule has 30 heavy (non-hydrogen) atoms. The number of para-hydroxylation sites is 1. The first-order valence-electron chi connectivity index (χ1n) is 9.36. The van der Waals surface area contributed by atoms with Crippen molar-refractivity contribution in [2.24, 2.45) is 0 Å². The number of benzene rings is 2. The number of carbonyl (C=O) groups is 1. The molecule has 0 saturated carbocycles. The Labute approximate surface area is 171 Å². The van der Waals surface area contributed by atoms with Gasteiger partial charge in [0.05, 0.1) is 18.3 Å². The van der Waals surface area contributed by atoms with Crippen molar-refractivity contribution in [1.29, 1.82) is 0 Å². The van der Waals surface area contributed by atoms with Gasteiger partial charge in [-0.3, -0.25) is 4.79 Å². The molecule has 1 aromatic heterocycles. The number of aryl methyl sites for hydroxylation is 2. The van der Waals surface area contributed by atoms with Gasteiger partial charge < -0.3 is 14.6 Å². The lowest BCUT2D eigenvalue weighted by atomic mass is 10.0. The van der Waals surface area contributed by atoms with Gasteiger partial charge in [0.15, 0.2) is 6.54 Å². The van der Waals surface area contributed by atoms with E-state index < -0.39 is 23.3 Å². The molecule has 8 heteroatoms. The van der Waals surface area contributed by atoms with Gasteiger partial charge in [0, 0.05) is 17.0 Å². The van der Waals surface area contributed by atoms with Crippen LogP contribution in [0.1, 0.15) is 22.3 Å². The number of rotatable bonds is 5. The number of hydrogen-bond donors (Lipinski definition) is 2. The van der Waals surface area contributed by atoms with Crippen LogP contribution in [-0.4, -0.2) is 19.5 Å². The van der Waals surface area contributed by atoms with Crippen molar-refractivity contribution in [2.45, 2.75) is 26.6 Å². The van der Waals surface area contributed by atoms with Gasteiger partial charge in [-0.25, -0.2) is 4.79 Å². The van der Waals surface area contributed by atoms with E-state index in [2.05, 4.69) is 5.32 Å². The molecule has 0 fully saturated rings. The van der Waals surface area contributed by atoms with Crippen LogP contribution in [0, 0.1) is 13.8 Å². The van der Waals surface area contributed by atoms with Crippen LogP contribution in [0.25, 0.3) is 11.0 Å². The zero-order chi connectivity index (χ0) is 22.1. The van der Waals surface area contributed by atoms with Crippen molar-refractivity contribution < 1.29 is 27.3 Å². The van der Waals surface area contributed by atoms with Crippen molar-refractivity contribution in [2.75, 3.05) is 18.9 Å². The van der Waals surface area contributed by atoms with E-state index in [0.29, 0.717) is 22.6 Å². The summed E-state index contributed by atoms with van der Waals surface area (Å²) in [4.78, 5) is 25.0. The maximum Gasteiger partial charge on any atom is 0.418 e. The minimum absolute atomic E-state index is 0.0707. The second kappa shape index (κ2) is 8.31. The predicted octanol–water partition coefficient (Wildman–Crippen LogP) is 3.08. The van der Waals surface area contributed by atoms with Gasteiger partial charge in [-0.05, 0) is 49.2 Å². The van der Waals surface area contributed by atoms with Crippen LogP contribution >= 0.6 is 0 Å². The van der Waals surface area contributed by atoms with Crippen LogP contribution in [0.3, 0.4) is 0 Å². The fourth-order valence-corrected chi connectivity index (χ4v) is 3.32. The molecular weight excluding hydrogens is 397 g/mol. The third kappa shape index (κ3) is 4.88. The fourth-order valence-electron chi connectivity index (χ4n) is 3.32. The van der Waals surface area contributed by atoms with Gasteiger partial charge in [0.2, 0.25) is 0 Å². The lowest BCUT2D eigenvalue weighted by Crippen LogP contribution is -3.08. The Balaban J connectivity index is 1.77. The Hall–Kier alpha value is -3.13. The third-order valence-electron chi connectivity index (χ3n) is 4.91. The lowest BCUT2D eigenvalue weighted by Gasteiger charge is -2.17. The molecule has 1 heterocycles. The number of anilines is 1. The monoisotopic (exact) mass is 419 g/mol. The number of halogens is 3. The SMILES string of the molecule is Cc1cc2oc(=O)cc(C[NH+](C)CC(=O)Nc3ccccc3C(F)(F)F)c2cc1C. The average Bonchev–Trinajstić information content (AvgIpc) is 2.62. The number of likely N-dealkylation sites (N-methyl/N-ethyl adjacent to an activating group) is 1. The van der Waals surface area contributed by atoms with E-state index in [1.54, 1.807) is 13.1 Å². The van der Waals surface area contributed by atoms with E-state index in [1.807, 2.05) is 19.9 Å². The summed E-state index contributed by atoms with van der Waals surface area (Å²) in [5.74, 6) is -0.552. The Morgan fingerprint density at radius 1 is 1.10 bits per heavy atom. The van der Waals surface area contributed by atoms with Crippen molar-refractivity contribution >= 4 is 22.6 Å². The number of carbonyl (C=O) groups excluding carboxylic acids is 1. The van der Waals surface area contributed by atoms with Crippen LogP contribution in [0.5, 0.6) is 0 Å². The second-order valence-electron chi connectivity index (χ2n) is 7.43. The number of quaternary nitrogens is 1. The zero-order valence-corrected chi connectivity index (χ0v) is 16.8. The van der Waals surface area contributed by atoms with Crippen LogP contribution in [-0.2, 0) is 17.5 Å². The van der Waals surface area contributed by atoms with E-state index in [0.717, 1.165) is 22.6 Å². The first kappa shape index (κ1) is 21.6. The van der Waals surface area contributed by atoms with E-state index in [9.17, 15) is 22.8 Å². The highest BCUT2D eigenvalue weighted by molar-refractivity contribution is 5.92. The molecule has 3 rings (SSSR count). The quantitative estimate of drug-likeness (QED) is 0.625. The number of fused-ring (bicyclic) bond motifs is 1. The third-order valence-corrected chi connectivity index (χ3v) is 4.91. The molecule has 0 spiro atoms. The minimum atomic E-state index is -4.56. The zero-order valence-electron chi connectivity index (χ0n) is 16.8. The second-order valence-corrected chi connectivity index (χ2v) is 7.43. The van der Waals surface area contributed by atoms with Crippen LogP contribution in [0.4, 0.5) is 18.9 Å². The number of hydrogen-bond acceptors (Lipinski definition) is 3. The topological polar surface area (TPSA) is 63.8 Å². The summed E-state index contributed by atoms with van der Waals surface area (Å²) in [5, 5.41) is 3.12. The fraction of sp³-hybridized carbons (Fsp3) is 0.273. The molecule has 2 aromatic carbocycles. The van der Waals surface area contributed by atoms with E-state index >= 15 is 0 Å². The maximum absolute atomic E-state index is 13.1. The van der Waals surface area contributed by atoms with Crippen LogP contribution in [0.15, 0.2) is 51.7 Å². The van der Waals surface area contributed by atoms with Gasteiger partial charge >= 0.3 is 11.8 Å². The molecule has 1 atom stereocenters. The van der Waals surface area contributed by atoms with Crippen molar-refractivity contribution in [1.82, 2.24) is 0 Å². The van der Waals surface area contributed by atoms with E-state index in [1.165, 1.54) is 24.3 Å². The molecule has 3 aromatic rings. The molecule has 0 aliphatic carbocycles. The van der Waals surface area contributed by atoms with Crippen molar-refractivity contribution in [3.05, 3.63) is 75.1 Å². The number of amides is 1. The van der Waals surface area contributed by atoms with E-state index in [4.69, 9.17) is 4.42 Å². The number of alkyl halides is 3. The highest BCUT2D eigenvalue weighted by atomic mass is 19.4. The number of nitrogens with one attached hydrogen (secondary N) is 2. The Morgan fingerprint density at radius 3 is 2.47 bits per heavy atom. The summed E-state index contributed by atoms with van der Waals surface area (Å²) in [5.41, 5.74) is 1.55. The molecule has 0 saturated heterocycles. The summed E-state index contributed by atoms with van der Waals surface area (Å²) in [6.45, 7) is 4.13. The molecule has 0 radical (unpaired) electrons. The molecule has 0 aliphatic heterocycles. The minimum Gasteiger partial charge on any atom is -0.423 e. The predicted molar refractivity (Wildman–Crippen MR) is 107 cm³/mol. The molecule has 2 N–H and O–H groups in total. The van der Waals surface area contributed by atoms with E-state index in [-0.39, 0.29) is 12.2 Å². The standard InChI is InChI=1S/C22H21F3N2O3/c1-13-8-16-15(10-21(29)30-19(16)9-14(13)2)11-27(3)12-20(28)26-18-7-5-4-6-17(18)22(23,24)25/h4-10H,11-12H2,1-3H3,(H,26,28)/p+1. The molecule has 158 valence electrons. The molecule has 0 bridgehead atoms. The van der Waals surface area contributed by atoms with Gasteiger partial charge in [-0.1, -0.05) is 12.1 Å². The van der Waals surface area contributed by atoms with Gasteiger partial charge in [0.1, 0.15) is 12.1 Å². The highest BCUT2D eigenvalue weighted by Gasteiger charge is 2.33. The molecule has 0 aliphatic rings. The molecule has 1 amide bonds. The molecule has 1 unspecified atom stereocenters. The lowest BCUT2D eigenvalue weighted by molar-refractivity contribution is -0.885. The normalized spacial score (nSPS) is 12.7. The first-order valence-corrected chi connectivity index (χ1v) is 9.36. The summed E-state index contributed by atoms with van der Waals surface area (Å²) in [6, 6.07) is 9.95. The molecule has 5 nitrogen and oxygen atoms in total. The maximum atomic E-state index is 13.1. The Bertz CT molecular complexity index is 1150. The van der Waals surface area contributed by atoms with Gasteiger partial charge in [-0.2, -0.15) is 13.2 Å². The summed E-state index contributed by atoms with van der Waals surface area (Å²) >= 11 is 0. The van der Waals surface area contributed by atoms with Gasteiger partial charge in [0.25, 0.3) is 5.91 Å². The highest BCUT2D eigenvalue weighted by Crippen LogP contribution is 2.34. The average molecular weight is 419 g/mol. The summed E-state index contributed by atoms with van der Waals surface area (Å²) < 4.78 is 44.6. The Kier molecular flexibility index (Phi) is 5.98. The smallest absolute Gasteiger partial charge is 0.418 e. The molecular formula is C22H22F3N2O3+. The summed E-state index contributed by atoms with van der Waals surface area (Å²) in [7, 11) is 1.73. The van der Waals surface area contributed by atoms with Crippen molar-refractivity contribution in [3.63, 3.8) is 0 Å². The summed E-state index contributed by atoms with van der Waals surface area (Å²) in [6.07, 6.45) is -4.56. The van der Waals surface area contributed by atoms with Gasteiger partial charge in [-0.15, -0.1) is 0 Å². The largest absolute Gasteiger partial charge is 0.423 e. The van der Waals surface area contributed by atoms with Crippen LogP contribution < -0.4 is 15.8 Å².